The minimum absolute atomic E-state index is 0.0947. The molecule has 4 rings (SSSR count). The fourth-order valence-corrected chi connectivity index (χ4v) is 3.55. The van der Waals surface area contributed by atoms with Gasteiger partial charge in [-0.15, -0.1) is 0 Å². The summed E-state index contributed by atoms with van der Waals surface area (Å²) in [4.78, 5) is 20.5. The van der Waals surface area contributed by atoms with Gasteiger partial charge in [0.1, 0.15) is 23.0 Å². The number of carbonyl (C=O) groups is 1. The van der Waals surface area contributed by atoms with Crippen molar-refractivity contribution in [3.63, 3.8) is 0 Å². The van der Waals surface area contributed by atoms with Crippen LogP contribution in [0, 0.1) is 0 Å². The van der Waals surface area contributed by atoms with Crippen LogP contribution in [0.25, 0.3) is 11.4 Å². The highest BCUT2D eigenvalue weighted by Gasteiger charge is 2.28. The SMILES string of the molecule is COc1ccccc1-c1nc2c([nH]1)C[C@H](c1ccccc1OC)CNC2=O. The quantitative estimate of drug-likeness (QED) is 0.747. The third-order valence-electron chi connectivity index (χ3n) is 4.89. The maximum absolute atomic E-state index is 12.6. The van der Waals surface area contributed by atoms with Gasteiger partial charge in [0.05, 0.1) is 19.8 Å². The molecular weight excluding hydrogens is 342 g/mol. The predicted molar refractivity (Wildman–Crippen MR) is 102 cm³/mol. The van der Waals surface area contributed by atoms with E-state index in [1.807, 2.05) is 48.5 Å². The average Bonchev–Trinajstić information content (AvgIpc) is 3.08. The molecule has 2 aromatic carbocycles. The lowest BCUT2D eigenvalue weighted by atomic mass is 9.93. The highest BCUT2D eigenvalue weighted by molar-refractivity contribution is 5.94. The Bertz CT molecular complexity index is 980. The lowest BCUT2D eigenvalue weighted by Gasteiger charge is -2.17. The number of methoxy groups -OCH3 is 2. The number of hydrogen-bond donors (Lipinski definition) is 2. The van der Waals surface area contributed by atoms with Crippen molar-refractivity contribution in [1.82, 2.24) is 15.3 Å². The standard InChI is InChI=1S/C21H21N3O3/c1-26-17-9-5-3-7-14(17)13-11-16-19(21(25)22-12-13)24-20(23-16)15-8-4-6-10-18(15)27-2/h3-10,13H,11-12H2,1-2H3,(H,22,25)(H,23,24)/t13-/m0/s1. The van der Waals surface area contributed by atoms with Gasteiger partial charge in [0.25, 0.3) is 5.91 Å². The maximum atomic E-state index is 12.6. The van der Waals surface area contributed by atoms with Crippen LogP contribution in [0.1, 0.15) is 27.7 Å². The fraction of sp³-hybridized carbons (Fsp3) is 0.238. The molecule has 138 valence electrons. The van der Waals surface area contributed by atoms with Crippen LogP contribution in [-0.2, 0) is 6.42 Å². The molecule has 2 heterocycles. The summed E-state index contributed by atoms with van der Waals surface area (Å²) in [6, 6.07) is 15.5. The van der Waals surface area contributed by atoms with Crippen LogP contribution in [0.15, 0.2) is 48.5 Å². The Morgan fingerprint density at radius 1 is 1.00 bits per heavy atom. The molecule has 3 aromatic rings. The van der Waals surface area contributed by atoms with E-state index in [4.69, 9.17) is 9.47 Å². The van der Waals surface area contributed by atoms with E-state index in [-0.39, 0.29) is 11.8 Å². The van der Waals surface area contributed by atoms with Crippen LogP contribution in [0.3, 0.4) is 0 Å². The smallest absolute Gasteiger partial charge is 0.271 e. The molecule has 0 fully saturated rings. The Morgan fingerprint density at radius 2 is 1.70 bits per heavy atom. The molecule has 1 aliphatic heterocycles. The number of aromatic nitrogens is 2. The van der Waals surface area contributed by atoms with Crippen LogP contribution in [0.2, 0.25) is 0 Å². The lowest BCUT2D eigenvalue weighted by molar-refractivity contribution is 0.0950. The van der Waals surface area contributed by atoms with E-state index in [0.29, 0.717) is 30.2 Å². The van der Waals surface area contributed by atoms with Gasteiger partial charge in [-0.05, 0) is 30.2 Å². The molecule has 1 aliphatic rings. The highest BCUT2D eigenvalue weighted by atomic mass is 16.5. The second-order valence-corrected chi connectivity index (χ2v) is 6.47. The Kier molecular flexibility index (Phi) is 4.54. The lowest BCUT2D eigenvalue weighted by Crippen LogP contribution is -2.26. The first-order valence-electron chi connectivity index (χ1n) is 8.84. The largest absolute Gasteiger partial charge is 0.496 e. The van der Waals surface area contributed by atoms with Crippen molar-refractivity contribution >= 4 is 5.91 Å². The van der Waals surface area contributed by atoms with Crippen LogP contribution in [0.5, 0.6) is 11.5 Å². The van der Waals surface area contributed by atoms with E-state index in [9.17, 15) is 4.79 Å². The van der Waals surface area contributed by atoms with Gasteiger partial charge in [-0.3, -0.25) is 4.79 Å². The molecule has 2 N–H and O–H groups in total. The van der Waals surface area contributed by atoms with Gasteiger partial charge in [-0.2, -0.15) is 0 Å². The average molecular weight is 363 g/mol. The van der Waals surface area contributed by atoms with Crippen LogP contribution >= 0.6 is 0 Å². The topological polar surface area (TPSA) is 76.2 Å². The zero-order valence-electron chi connectivity index (χ0n) is 15.3. The number of imidazole rings is 1. The van der Waals surface area contributed by atoms with E-state index in [2.05, 4.69) is 15.3 Å². The maximum Gasteiger partial charge on any atom is 0.271 e. The van der Waals surface area contributed by atoms with Gasteiger partial charge < -0.3 is 19.8 Å². The third-order valence-corrected chi connectivity index (χ3v) is 4.89. The molecule has 27 heavy (non-hydrogen) atoms. The molecular formula is C21H21N3O3. The molecule has 0 aliphatic carbocycles. The summed E-state index contributed by atoms with van der Waals surface area (Å²) in [7, 11) is 3.28. The minimum atomic E-state index is -0.167. The van der Waals surface area contributed by atoms with Gasteiger partial charge in [0.2, 0.25) is 0 Å². The van der Waals surface area contributed by atoms with Crippen LogP contribution in [0.4, 0.5) is 0 Å². The molecule has 6 nitrogen and oxygen atoms in total. The fourth-order valence-electron chi connectivity index (χ4n) is 3.55. The van der Waals surface area contributed by atoms with Crippen LogP contribution < -0.4 is 14.8 Å². The molecule has 0 unspecified atom stereocenters. The number of nitrogens with one attached hydrogen (secondary N) is 2. The van der Waals surface area contributed by atoms with Gasteiger partial charge in [-0.1, -0.05) is 30.3 Å². The first-order chi connectivity index (χ1) is 13.2. The van der Waals surface area contributed by atoms with Crippen molar-refractivity contribution in [1.29, 1.82) is 0 Å². The number of amides is 1. The Labute approximate surface area is 157 Å². The zero-order chi connectivity index (χ0) is 18.8. The Balaban J connectivity index is 1.74. The number of rotatable bonds is 4. The number of aromatic amines is 1. The highest BCUT2D eigenvalue weighted by Crippen LogP contribution is 2.33. The molecule has 1 amide bonds. The molecule has 6 heteroatoms. The summed E-state index contributed by atoms with van der Waals surface area (Å²) >= 11 is 0. The van der Waals surface area contributed by atoms with E-state index in [1.54, 1.807) is 14.2 Å². The monoisotopic (exact) mass is 363 g/mol. The van der Waals surface area contributed by atoms with Crippen molar-refractivity contribution < 1.29 is 14.3 Å². The first kappa shape index (κ1) is 17.1. The third kappa shape index (κ3) is 3.14. The Hall–Kier alpha value is -3.28. The zero-order valence-corrected chi connectivity index (χ0v) is 15.3. The second kappa shape index (κ2) is 7.15. The van der Waals surface area contributed by atoms with E-state index in [1.165, 1.54) is 0 Å². The number of para-hydroxylation sites is 2. The number of H-pyrrole nitrogens is 1. The van der Waals surface area contributed by atoms with Crippen molar-refractivity contribution in [3.8, 4) is 22.9 Å². The molecule has 0 saturated heterocycles. The molecule has 0 spiro atoms. The normalized spacial score (nSPS) is 16.2. The molecule has 1 atom stereocenters. The number of nitrogens with zero attached hydrogens (tertiary/aromatic N) is 1. The second-order valence-electron chi connectivity index (χ2n) is 6.47. The number of carbonyl (C=O) groups excluding carboxylic acids is 1. The van der Waals surface area contributed by atoms with Crippen molar-refractivity contribution in [3.05, 3.63) is 65.5 Å². The number of ether oxygens (including phenoxy) is 2. The van der Waals surface area contributed by atoms with Crippen molar-refractivity contribution in [2.45, 2.75) is 12.3 Å². The van der Waals surface area contributed by atoms with E-state index in [0.717, 1.165) is 22.6 Å². The molecule has 0 saturated carbocycles. The molecule has 0 bridgehead atoms. The summed E-state index contributed by atoms with van der Waals surface area (Å²) in [5.41, 5.74) is 3.16. The minimum Gasteiger partial charge on any atom is -0.496 e. The van der Waals surface area contributed by atoms with Gasteiger partial charge in [-0.25, -0.2) is 4.98 Å². The van der Waals surface area contributed by atoms with Crippen molar-refractivity contribution in [2.75, 3.05) is 20.8 Å². The number of hydrogen-bond acceptors (Lipinski definition) is 4. The summed E-state index contributed by atoms with van der Waals surface area (Å²) in [5, 5.41) is 2.99. The van der Waals surface area contributed by atoms with Gasteiger partial charge in [0.15, 0.2) is 0 Å². The van der Waals surface area contributed by atoms with E-state index >= 15 is 0 Å². The summed E-state index contributed by atoms with van der Waals surface area (Å²) in [6.45, 7) is 0.535. The van der Waals surface area contributed by atoms with Gasteiger partial charge in [0, 0.05) is 18.2 Å². The first-order valence-corrected chi connectivity index (χ1v) is 8.84. The van der Waals surface area contributed by atoms with E-state index < -0.39 is 0 Å². The molecule has 0 radical (unpaired) electrons. The van der Waals surface area contributed by atoms with Crippen LogP contribution in [-0.4, -0.2) is 36.6 Å². The summed E-state index contributed by atoms with van der Waals surface area (Å²) in [5.74, 6) is 2.10. The Morgan fingerprint density at radius 3 is 2.48 bits per heavy atom. The predicted octanol–water partition coefficient (Wildman–Crippen LogP) is 3.16. The van der Waals surface area contributed by atoms with Crippen molar-refractivity contribution in [2.24, 2.45) is 0 Å². The number of fused-ring (bicyclic) bond motifs is 1. The molecule has 1 aromatic heterocycles. The van der Waals surface area contributed by atoms with Gasteiger partial charge >= 0.3 is 0 Å². The number of benzene rings is 2. The summed E-state index contributed by atoms with van der Waals surface area (Å²) < 4.78 is 10.9. The summed E-state index contributed by atoms with van der Waals surface area (Å²) in [6.07, 6.45) is 0.663.